The standard InChI is InChI=1S/C25H26ClN3O3/c26-20-6-3-7-21(15-20)32-22-16-25(31-18-22)9-13-28(14-10-25)24(30)23-8-2-1-5-19(23)17-29-12-4-11-27-29/h1-8,11-12,15,22H,9-10,13-14,16-18H2/t22-/m0/s1. The Hall–Kier alpha value is -2.83. The van der Waals surface area contributed by atoms with Gasteiger partial charge in [-0.25, -0.2) is 0 Å². The summed E-state index contributed by atoms with van der Waals surface area (Å²) in [5, 5.41) is 4.93. The van der Waals surface area contributed by atoms with Crippen LogP contribution in [-0.4, -0.2) is 52.0 Å². The van der Waals surface area contributed by atoms with Crippen LogP contribution >= 0.6 is 11.6 Å². The molecule has 2 aromatic carbocycles. The van der Waals surface area contributed by atoms with Crippen LogP contribution in [0.1, 0.15) is 35.2 Å². The van der Waals surface area contributed by atoms with Gasteiger partial charge in [-0.1, -0.05) is 35.9 Å². The molecule has 1 amide bonds. The Balaban J connectivity index is 1.20. The highest BCUT2D eigenvalue weighted by Crippen LogP contribution is 2.38. The van der Waals surface area contributed by atoms with Gasteiger partial charge in [0.2, 0.25) is 0 Å². The van der Waals surface area contributed by atoms with Crippen LogP contribution in [0.2, 0.25) is 5.02 Å². The van der Waals surface area contributed by atoms with Crippen molar-refractivity contribution in [3.8, 4) is 5.75 Å². The van der Waals surface area contributed by atoms with Crippen molar-refractivity contribution in [2.24, 2.45) is 0 Å². The maximum Gasteiger partial charge on any atom is 0.254 e. The molecule has 7 heteroatoms. The first-order valence-corrected chi connectivity index (χ1v) is 11.4. The number of carbonyl (C=O) groups is 1. The number of nitrogens with zero attached hydrogens (tertiary/aromatic N) is 3. The Morgan fingerprint density at radius 1 is 1.16 bits per heavy atom. The van der Waals surface area contributed by atoms with E-state index in [1.165, 1.54) is 0 Å². The molecule has 5 rings (SSSR count). The summed E-state index contributed by atoms with van der Waals surface area (Å²) in [6.07, 6.45) is 6.12. The van der Waals surface area contributed by atoms with Gasteiger partial charge < -0.3 is 14.4 Å². The number of amides is 1. The fourth-order valence-electron chi connectivity index (χ4n) is 4.68. The Morgan fingerprint density at radius 2 is 2.00 bits per heavy atom. The van der Waals surface area contributed by atoms with Gasteiger partial charge in [-0.2, -0.15) is 5.10 Å². The van der Waals surface area contributed by atoms with E-state index in [0.29, 0.717) is 31.3 Å². The van der Waals surface area contributed by atoms with Crippen molar-refractivity contribution < 1.29 is 14.3 Å². The van der Waals surface area contributed by atoms with Crippen molar-refractivity contribution >= 4 is 17.5 Å². The predicted molar refractivity (Wildman–Crippen MR) is 122 cm³/mol. The molecule has 2 aliphatic heterocycles. The third kappa shape index (κ3) is 4.52. The van der Waals surface area contributed by atoms with Crippen molar-refractivity contribution in [1.29, 1.82) is 0 Å². The van der Waals surface area contributed by atoms with E-state index in [-0.39, 0.29) is 17.6 Å². The highest BCUT2D eigenvalue weighted by molar-refractivity contribution is 6.30. The second-order valence-corrected chi connectivity index (χ2v) is 8.98. The van der Waals surface area contributed by atoms with Gasteiger partial charge >= 0.3 is 0 Å². The minimum absolute atomic E-state index is 0.00511. The van der Waals surface area contributed by atoms with Crippen LogP contribution < -0.4 is 4.74 Å². The highest BCUT2D eigenvalue weighted by Gasteiger charge is 2.44. The van der Waals surface area contributed by atoms with Crippen molar-refractivity contribution in [2.75, 3.05) is 19.7 Å². The average molecular weight is 452 g/mol. The number of rotatable bonds is 5. The van der Waals surface area contributed by atoms with Gasteiger partial charge in [-0.05, 0) is 48.7 Å². The number of benzene rings is 2. The largest absolute Gasteiger partial charge is 0.488 e. The maximum absolute atomic E-state index is 13.3. The lowest BCUT2D eigenvalue weighted by molar-refractivity contribution is -0.0395. The molecule has 1 atom stereocenters. The zero-order valence-corrected chi connectivity index (χ0v) is 18.6. The summed E-state index contributed by atoms with van der Waals surface area (Å²) in [7, 11) is 0. The van der Waals surface area contributed by atoms with Crippen LogP contribution in [0, 0.1) is 0 Å². The summed E-state index contributed by atoms with van der Waals surface area (Å²) < 4.78 is 14.1. The second kappa shape index (κ2) is 8.96. The molecular formula is C25H26ClN3O3. The zero-order chi connectivity index (χ0) is 22.0. The van der Waals surface area contributed by atoms with Crippen molar-refractivity contribution in [2.45, 2.75) is 37.5 Å². The molecule has 2 saturated heterocycles. The molecule has 2 aliphatic rings. The number of hydrogen-bond donors (Lipinski definition) is 0. The zero-order valence-electron chi connectivity index (χ0n) is 17.8. The summed E-state index contributed by atoms with van der Waals surface area (Å²) in [4.78, 5) is 15.3. The molecule has 0 bridgehead atoms. The van der Waals surface area contributed by atoms with Gasteiger partial charge in [0.1, 0.15) is 11.9 Å². The first kappa shape index (κ1) is 21.0. The third-order valence-electron chi connectivity index (χ3n) is 6.38. The molecule has 3 heterocycles. The second-order valence-electron chi connectivity index (χ2n) is 8.55. The van der Waals surface area contributed by atoms with Crippen LogP contribution in [-0.2, 0) is 11.3 Å². The molecule has 3 aromatic rings. The normalized spacial score (nSPS) is 19.9. The molecule has 0 unspecified atom stereocenters. The fraction of sp³-hybridized carbons (Fsp3) is 0.360. The van der Waals surface area contributed by atoms with Crippen LogP contribution in [0.3, 0.4) is 0 Å². The first-order chi connectivity index (χ1) is 15.6. The summed E-state index contributed by atoms with van der Waals surface area (Å²) in [5.74, 6) is 0.844. The number of aromatic nitrogens is 2. The Kier molecular flexibility index (Phi) is 5.89. The molecule has 6 nitrogen and oxygen atoms in total. The Labute approximate surface area is 192 Å². The molecule has 1 aromatic heterocycles. The molecule has 1 spiro atoms. The number of piperidine rings is 1. The molecule has 0 radical (unpaired) electrons. The average Bonchev–Trinajstić information content (AvgIpc) is 3.45. The predicted octanol–water partition coefficient (Wildman–Crippen LogP) is 4.43. The first-order valence-electron chi connectivity index (χ1n) is 11.0. The topological polar surface area (TPSA) is 56.6 Å². The van der Waals surface area contributed by atoms with Gasteiger partial charge in [0.05, 0.1) is 18.8 Å². The minimum atomic E-state index is -0.214. The summed E-state index contributed by atoms with van der Waals surface area (Å²) >= 11 is 6.07. The van der Waals surface area contributed by atoms with E-state index in [1.54, 1.807) is 6.20 Å². The van der Waals surface area contributed by atoms with Gasteiger partial charge in [0, 0.05) is 42.5 Å². The van der Waals surface area contributed by atoms with Crippen LogP contribution in [0.5, 0.6) is 5.75 Å². The lowest BCUT2D eigenvalue weighted by Crippen LogP contribution is -2.46. The summed E-state index contributed by atoms with van der Waals surface area (Å²) in [5.41, 5.74) is 1.51. The quantitative estimate of drug-likeness (QED) is 0.576. The molecule has 166 valence electrons. The van der Waals surface area contributed by atoms with Gasteiger partial charge in [0.15, 0.2) is 0 Å². The Bertz CT molecular complexity index is 1080. The van der Waals surface area contributed by atoms with E-state index in [9.17, 15) is 4.79 Å². The van der Waals surface area contributed by atoms with E-state index in [2.05, 4.69) is 5.10 Å². The Morgan fingerprint density at radius 3 is 2.78 bits per heavy atom. The molecule has 2 fully saturated rings. The highest BCUT2D eigenvalue weighted by atomic mass is 35.5. The molecular weight excluding hydrogens is 426 g/mol. The maximum atomic E-state index is 13.3. The van der Waals surface area contributed by atoms with E-state index >= 15 is 0 Å². The molecule has 32 heavy (non-hydrogen) atoms. The van der Waals surface area contributed by atoms with Gasteiger partial charge in [-0.15, -0.1) is 0 Å². The minimum Gasteiger partial charge on any atom is -0.488 e. The van der Waals surface area contributed by atoms with E-state index in [4.69, 9.17) is 21.1 Å². The lowest BCUT2D eigenvalue weighted by atomic mass is 9.87. The van der Waals surface area contributed by atoms with Crippen LogP contribution in [0.25, 0.3) is 0 Å². The van der Waals surface area contributed by atoms with E-state index in [1.807, 2.05) is 70.4 Å². The SMILES string of the molecule is O=C(c1ccccc1Cn1cccn1)N1CCC2(CC1)C[C@H](Oc1cccc(Cl)c1)CO2. The summed E-state index contributed by atoms with van der Waals surface area (Å²) in [6.45, 7) is 2.50. The number of ether oxygens (including phenoxy) is 2. The van der Waals surface area contributed by atoms with Crippen molar-refractivity contribution in [3.05, 3.63) is 83.1 Å². The monoisotopic (exact) mass is 451 g/mol. The molecule has 0 aliphatic carbocycles. The molecule has 0 saturated carbocycles. The number of hydrogen-bond acceptors (Lipinski definition) is 4. The molecule has 0 N–H and O–H groups in total. The van der Waals surface area contributed by atoms with Gasteiger partial charge in [0.25, 0.3) is 5.91 Å². The fourth-order valence-corrected chi connectivity index (χ4v) is 4.86. The third-order valence-corrected chi connectivity index (χ3v) is 6.61. The summed E-state index contributed by atoms with van der Waals surface area (Å²) in [6, 6.07) is 17.1. The van der Waals surface area contributed by atoms with E-state index < -0.39 is 0 Å². The van der Waals surface area contributed by atoms with Crippen LogP contribution in [0.15, 0.2) is 67.0 Å². The van der Waals surface area contributed by atoms with Crippen molar-refractivity contribution in [3.63, 3.8) is 0 Å². The van der Waals surface area contributed by atoms with Gasteiger partial charge in [-0.3, -0.25) is 9.48 Å². The number of likely N-dealkylation sites (tertiary alicyclic amines) is 1. The smallest absolute Gasteiger partial charge is 0.254 e. The van der Waals surface area contributed by atoms with Crippen LogP contribution in [0.4, 0.5) is 0 Å². The lowest BCUT2D eigenvalue weighted by Gasteiger charge is -2.38. The van der Waals surface area contributed by atoms with Crippen molar-refractivity contribution in [1.82, 2.24) is 14.7 Å². The number of halogens is 1. The number of carbonyl (C=O) groups excluding carboxylic acids is 1. The van der Waals surface area contributed by atoms with E-state index in [0.717, 1.165) is 36.1 Å².